The van der Waals surface area contributed by atoms with Gasteiger partial charge in [0, 0.05) is 64.5 Å². The molecule has 1 aromatic heterocycles. The molecule has 0 spiro atoms. The molecule has 0 saturated carbocycles. The standard InChI is InChI=1S/C30H31Br2N5O2/c31-25-16-22(17-26(32)28(25)33)29(38)36-13-7-23(8-14-36)35-11-9-24(10-12-35)37-18-27(34-30(37)39)21-6-5-19-3-1-2-4-20(19)15-21/h1-6,15-18,23-24H,7-14,33H2,(H,34,39). The monoisotopic (exact) mass is 651 g/mol. The summed E-state index contributed by atoms with van der Waals surface area (Å²) in [5.41, 5.74) is 9.08. The van der Waals surface area contributed by atoms with E-state index in [0.717, 1.165) is 72.1 Å². The van der Waals surface area contributed by atoms with Gasteiger partial charge >= 0.3 is 5.69 Å². The molecule has 39 heavy (non-hydrogen) atoms. The minimum Gasteiger partial charge on any atom is -0.397 e. The Labute approximate surface area is 244 Å². The normalized spacial score (nSPS) is 17.6. The third-order valence-corrected chi connectivity index (χ3v) is 9.60. The van der Waals surface area contributed by atoms with Gasteiger partial charge in [-0.05, 0) is 86.5 Å². The van der Waals surface area contributed by atoms with Crippen LogP contribution in [0.15, 0.2) is 74.5 Å². The Hall–Kier alpha value is -2.88. The fraction of sp³-hybridized carbons (Fsp3) is 0.333. The van der Waals surface area contributed by atoms with Crippen molar-refractivity contribution < 1.29 is 4.79 Å². The van der Waals surface area contributed by atoms with E-state index in [1.54, 1.807) is 12.1 Å². The Morgan fingerprint density at radius 1 is 0.846 bits per heavy atom. The molecule has 202 valence electrons. The van der Waals surface area contributed by atoms with Crippen LogP contribution in [0.4, 0.5) is 5.69 Å². The van der Waals surface area contributed by atoms with Gasteiger partial charge < -0.3 is 20.5 Å². The largest absolute Gasteiger partial charge is 0.397 e. The van der Waals surface area contributed by atoms with Crippen LogP contribution >= 0.6 is 31.9 Å². The molecule has 2 saturated heterocycles. The zero-order valence-corrected chi connectivity index (χ0v) is 24.7. The highest BCUT2D eigenvalue weighted by atomic mass is 79.9. The second-order valence-electron chi connectivity index (χ2n) is 10.6. The van der Waals surface area contributed by atoms with Gasteiger partial charge in [0.05, 0.1) is 11.4 Å². The van der Waals surface area contributed by atoms with Gasteiger partial charge in [-0.15, -0.1) is 0 Å². The second-order valence-corrected chi connectivity index (χ2v) is 12.3. The average molecular weight is 653 g/mol. The summed E-state index contributed by atoms with van der Waals surface area (Å²) in [6.45, 7) is 3.42. The predicted molar refractivity (Wildman–Crippen MR) is 163 cm³/mol. The summed E-state index contributed by atoms with van der Waals surface area (Å²) in [5.74, 6) is 0.0441. The maximum Gasteiger partial charge on any atom is 0.326 e. The number of nitrogens with zero attached hydrogens (tertiary/aromatic N) is 3. The van der Waals surface area contributed by atoms with Crippen LogP contribution in [-0.4, -0.2) is 57.5 Å². The molecule has 3 heterocycles. The first kappa shape index (κ1) is 26.3. The number of nitrogen functional groups attached to an aromatic ring is 1. The van der Waals surface area contributed by atoms with Crippen molar-refractivity contribution in [3.8, 4) is 11.3 Å². The summed E-state index contributed by atoms with van der Waals surface area (Å²) < 4.78 is 3.35. The van der Waals surface area contributed by atoms with Crippen LogP contribution in [-0.2, 0) is 0 Å². The van der Waals surface area contributed by atoms with E-state index in [4.69, 9.17) is 5.73 Å². The van der Waals surface area contributed by atoms with Crippen LogP contribution in [0.2, 0.25) is 0 Å². The number of aromatic nitrogens is 2. The number of imidazole rings is 1. The van der Waals surface area contributed by atoms with Crippen molar-refractivity contribution in [3.05, 3.63) is 85.8 Å². The van der Waals surface area contributed by atoms with Crippen molar-refractivity contribution in [3.63, 3.8) is 0 Å². The van der Waals surface area contributed by atoms with Crippen molar-refractivity contribution in [2.75, 3.05) is 31.9 Å². The highest BCUT2D eigenvalue weighted by molar-refractivity contribution is 9.11. The second kappa shape index (κ2) is 10.9. The van der Waals surface area contributed by atoms with Crippen molar-refractivity contribution in [1.82, 2.24) is 19.4 Å². The minimum absolute atomic E-state index is 0.0376. The first-order valence-electron chi connectivity index (χ1n) is 13.5. The van der Waals surface area contributed by atoms with Crippen LogP contribution in [0.3, 0.4) is 0 Å². The molecule has 0 radical (unpaired) electrons. The average Bonchev–Trinajstić information content (AvgIpc) is 3.36. The van der Waals surface area contributed by atoms with E-state index >= 15 is 0 Å². The van der Waals surface area contributed by atoms with Crippen molar-refractivity contribution in [2.45, 2.75) is 37.8 Å². The number of aromatic amines is 1. The lowest BCUT2D eigenvalue weighted by atomic mass is 9.97. The number of carbonyl (C=O) groups is 1. The number of piperidine rings is 2. The van der Waals surface area contributed by atoms with Crippen molar-refractivity contribution in [2.24, 2.45) is 0 Å². The smallest absolute Gasteiger partial charge is 0.326 e. The molecule has 6 rings (SSSR count). The molecule has 0 bridgehead atoms. The molecule has 9 heteroatoms. The van der Waals surface area contributed by atoms with Crippen molar-refractivity contribution in [1.29, 1.82) is 0 Å². The van der Waals surface area contributed by atoms with Crippen LogP contribution in [0.25, 0.3) is 22.0 Å². The first-order valence-corrected chi connectivity index (χ1v) is 15.0. The maximum absolute atomic E-state index is 13.1. The molecule has 2 fully saturated rings. The van der Waals surface area contributed by atoms with Crippen molar-refractivity contribution >= 4 is 54.2 Å². The van der Waals surface area contributed by atoms with E-state index in [2.05, 4.69) is 72.1 Å². The van der Waals surface area contributed by atoms with Gasteiger partial charge in [0.1, 0.15) is 0 Å². The van der Waals surface area contributed by atoms with Gasteiger partial charge in [0.25, 0.3) is 5.91 Å². The highest BCUT2D eigenvalue weighted by Crippen LogP contribution is 2.32. The Balaban J connectivity index is 1.06. The van der Waals surface area contributed by atoms with E-state index in [1.165, 1.54) is 10.8 Å². The van der Waals surface area contributed by atoms with Gasteiger partial charge in [0.2, 0.25) is 0 Å². The van der Waals surface area contributed by atoms with Crippen LogP contribution in [0, 0.1) is 0 Å². The summed E-state index contributed by atoms with van der Waals surface area (Å²) in [6.07, 6.45) is 5.81. The summed E-state index contributed by atoms with van der Waals surface area (Å²) >= 11 is 6.89. The number of fused-ring (bicyclic) bond motifs is 1. The van der Waals surface area contributed by atoms with Gasteiger partial charge in [-0.3, -0.25) is 9.36 Å². The maximum atomic E-state index is 13.1. The number of benzene rings is 3. The Morgan fingerprint density at radius 2 is 1.49 bits per heavy atom. The lowest BCUT2D eigenvalue weighted by molar-refractivity contribution is 0.0556. The van der Waals surface area contributed by atoms with E-state index in [1.807, 2.05) is 27.8 Å². The number of H-pyrrole nitrogens is 1. The quantitative estimate of drug-likeness (QED) is 0.263. The number of carbonyl (C=O) groups excluding carboxylic acids is 1. The molecule has 2 aliphatic heterocycles. The Kier molecular flexibility index (Phi) is 7.39. The lowest BCUT2D eigenvalue weighted by Gasteiger charge is -2.42. The van der Waals surface area contributed by atoms with Gasteiger partial charge in [-0.1, -0.05) is 36.4 Å². The van der Waals surface area contributed by atoms with Crippen LogP contribution < -0.4 is 11.4 Å². The molecular weight excluding hydrogens is 622 g/mol. The third-order valence-electron chi connectivity index (χ3n) is 8.29. The number of hydrogen-bond acceptors (Lipinski definition) is 4. The molecule has 1 amide bonds. The van der Waals surface area contributed by atoms with Gasteiger partial charge in [0.15, 0.2) is 0 Å². The third kappa shape index (κ3) is 5.32. The number of rotatable bonds is 4. The SMILES string of the molecule is Nc1c(Br)cc(C(=O)N2CCC(N3CCC(n4cc(-c5ccc6ccccc6c5)[nH]c4=O)CC3)CC2)cc1Br. The van der Waals surface area contributed by atoms with Crippen LogP contribution in [0.1, 0.15) is 42.1 Å². The number of nitrogens with one attached hydrogen (secondary N) is 1. The summed E-state index contributed by atoms with van der Waals surface area (Å²) in [6, 6.07) is 18.8. The number of amides is 1. The van der Waals surface area contributed by atoms with E-state index in [0.29, 0.717) is 17.3 Å². The summed E-state index contributed by atoms with van der Waals surface area (Å²) in [7, 11) is 0. The fourth-order valence-electron chi connectivity index (χ4n) is 6.04. The zero-order chi connectivity index (χ0) is 27.1. The predicted octanol–water partition coefficient (Wildman–Crippen LogP) is 6.05. The van der Waals surface area contributed by atoms with E-state index < -0.39 is 0 Å². The molecule has 3 N–H and O–H groups in total. The number of hydrogen-bond donors (Lipinski definition) is 2. The Morgan fingerprint density at radius 3 is 2.18 bits per heavy atom. The number of likely N-dealkylation sites (tertiary alicyclic amines) is 2. The molecule has 0 atom stereocenters. The van der Waals surface area contributed by atoms with Crippen LogP contribution in [0.5, 0.6) is 0 Å². The molecule has 0 aliphatic carbocycles. The Bertz CT molecular complexity index is 1560. The minimum atomic E-state index is -0.0376. The van der Waals surface area contributed by atoms with Gasteiger partial charge in [-0.25, -0.2) is 4.79 Å². The van der Waals surface area contributed by atoms with Gasteiger partial charge in [-0.2, -0.15) is 0 Å². The van der Waals surface area contributed by atoms with E-state index in [-0.39, 0.29) is 17.6 Å². The highest BCUT2D eigenvalue weighted by Gasteiger charge is 2.31. The first-order chi connectivity index (χ1) is 18.9. The molecule has 2 aliphatic rings. The van der Waals surface area contributed by atoms with E-state index in [9.17, 15) is 9.59 Å². The number of nitrogens with two attached hydrogens (primary N) is 1. The molecule has 7 nitrogen and oxygen atoms in total. The lowest BCUT2D eigenvalue weighted by Crippen LogP contribution is -2.49. The molecule has 3 aromatic carbocycles. The molecule has 0 unspecified atom stereocenters. The summed E-state index contributed by atoms with van der Waals surface area (Å²) in [4.78, 5) is 33.6. The molecule has 4 aromatic rings. The molecular formula is C30H31Br2N5O2. The fourth-order valence-corrected chi connectivity index (χ4v) is 7.22. The summed E-state index contributed by atoms with van der Waals surface area (Å²) in [5, 5.41) is 2.36. The zero-order valence-electron chi connectivity index (χ0n) is 21.6. The number of halogens is 2. The number of anilines is 1. The topological polar surface area (TPSA) is 87.4 Å².